The molecule has 6 heteroatoms. The highest BCUT2D eigenvalue weighted by molar-refractivity contribution is 5.94. The molecule has 0 spiro atoms. The number of aliphatic hydroxyl groups excluding tert-OH is 1. The quantitative estimate of drug-likeness (QED) is 0.824. The van der Waals surface area contributed by atoms with Gasteiger partial charge < -0.3 is 10.4 Å². The third-order valence-electron chi connectivity index (χ3n) is 1.89. The maximum absolute atomic E-state index is 13.1. The zero-order chi connectivity index (χ0) is 12.3. The lowest BCUT2D eigenvalue weighted by Gasteiger charge is -2.11. The number of rotatable bonds is 3. The predicted octanol–water partition coefficient (Wildman–Crippen LogP) is 1.21. The Morgan fingerprint density at radius 2 is 1.88 bits per heavy atom. The Bertz CT molecular complexity index is 386. The number of amides is 1. The third kappa shape index (κ3) is 2.73. The molecule has 0 bridgehead atoms. The van der Waals surface area contributed by atoms with Crippen LogP contribution >= 0.6 is 0 Å². The van der Waals surface area contributed by atoms with E-state index >= 15 is 0 Å². The molecule has 0 fully saturated rings. The zero-order valence-corrected chi connectivity index (χ0v) is 8.43. The van der Waals surface area contributed by atoms with E-state index in [2.05, 4.69) is 5.32 Å². The summed E-state index contributed by atoms with van der Waals surface area (Å²) < 4.78 is 38.8. The van der Waals surface area contributed by atoms with Crippen molar-refractivity contribution >= 4 is 5.91 Å². The summed E-state index contributed by atoms with van der Waals surface area (Å²) in [6.07, 6.45) is 0. The van der Waals surface area contributed by atoms with Gasteiger partial charge in [0.1, 0.15) is 23.0 Å². The van der Waals surface area contributed by atoms with Crippen LogP contribution in [0, 0.1) is 17.5 Å². The van der Waals surface area contributed by atoms with E-state index in [1.54, 1.807) is 0 Å². The number of hydrogen-bond acceptors (Lipinski definition) is 2. The normalized spacial score (nSPS) is 12.3. The van der Waals surface area contributed by atoms with Crippen molar-refractivity contribution in [2.24, 2.45) is 0 Å². The highest BCUT2D eigenvalue weighted by atomic mass is 19.1. The molecule has 1 aromatic rings. The predicted molar refractivity (Wildman–Crippen MR) is 50.3 cm³/mol. The van der Waals surface area contributed by atoms with Crippen LogP contribution in [0.4, 0.5) is 13.2 Å². The number of aliphatic hydroxyl groups is 1. The standard InChI is InChI=1S/C10H10F3NO2/c1-5(4-15)14-10(16)9-7(12)2-6(11)3-8(9)13/h2-3,5,15H,4H2,1H3,(H,14,16)/t5-/m0/s1. The molecule has 1 amide bonds. The van der Waals surface area contributed by atoms with Crippen LogP contribution < -0.4 is 5.32 Å². The Morgan fingerprint density at radius 1 is 1.38 bits per heavy atom. The van der Waals surface area contributed by atoms with Crippen molar-refractivity contribution < 1.29 is 23.1 Å². The summed E-state index contributed by atoms with van der Waals surface area (Å²) in [6, 6.07) is 0.194. The van der Waals surface area contributed by atoms with Gasteiger partial charge in [-0.1, -0.05) is 0 Å². The van der Waals surface area contributed by atoms with Crippen molar-refractivity contribution in [3.05, 3.63) is 35.1 Å². The highest BCUT2D eigenvalue weighted by Crippen LogP contribution is 2.14. The first-order valence-corrected chi connectivity index (χ1v) is 4.52. The molecule has 0 unspecified atom stereocenters. The first kappa shape index (κ1) is 12.5. The topological polar surface area (TPSA) is 49.3 Å². The van der Waals surface area contributed by atoms with Crippen LogP contribution in [0.1, 0.15) is 17.3 Å². The van der Waals surface area contributed by atoms with Gasteiger partial charge in [-0.15, -0.1) is 0 Å². The van der Waals surface area contributed by atoms with Crippen LogP contribution in [0.2, 0.25) is 0 Å². The van der Waals surface area contributed by atoms with Crippen LogP contribution in [0.5, 0.6) is 0 Å². The van der Waals surface area contributed by atoms with Crippen LogP contribution in [0.3, 0.4) is 0 Å². The van der Waals surface area contributed by atoms with Crippen molar-refractivity contribution in [1.82, 2.24) is 5.32 Å². The second kappa shape index (κ2) is 4.98. The van der Waals surface area contributed by atoms with Gasteiger partial charge in [-0.3, -0.25) is 4.79 Å². The Balaban J connectivity index is 3.00. The van der Waals surface area contributed by atoms with E-state index in [0.29, 0.717) is 12.1 Å². The molecular weight excluding hydrogens is 223 g/mol. The minimum absolute atomic E-state index is 0.365. The van der Waals surface area contributed by atoms with Gasteiger partial charge in [0.25, 0.3) is 5.91 Å². The molecule has 1 atom stereocenters. The Kier molecular flexibility index (Phi) is 3.89. The molecule has 0 heterocycles. The highest BCUT2D eigenvalue weighted by Gasteiger charge is 2.19. The van der Waals surface area contributed by atoms with Gasteiger partial charge in [0.2, 0.25) is 0 Å². The molecule has 3 nitrogen and oxygen atoms in total. The van der Waals surface area contributed by atoms with Crippen LogP contribution in [-0.2, 0) is 0 Å². The molecule has 2 N–H and O–H groups in total. The van der Waals surface area contributed by atoms with Crippen LogP contribution in [-0.4, -0.2) is 23.7 Å². The van der Waals surface area contributed by atoms with E-state index in [0.717, 1.165) is 0 Å². The lowest BCUT2D eigenvalue weighted by Crippen LogP contribution is -2.36. The molecule has 1 aromatic carbocycles. The molecule has 0 radical (unpaired) electrons. The van der Waals surface area contributed by atoms with E-state index in [1.807, 2.05) is 0 Å². The van der Waals surface area contributed by atoms with E-state index < -0.39 is 35.0 Å². The second-order valence-electron chi connectivity index (χ2n) is 3.30. The zero-order valence-electron chi connectivity index (χ0n) is 8.43. The van der Waals surface area contributed by atoms with Gasteiger partial charge in [0, 0.05) is 18.2 Å². The molecule has 0 saturated heterocycles. The Morgan fingerprint density at radius 3 is 2.31 bits per heavy atom. The fourth-order valence-corrected chi connectivity index (χ4v) is 1.10. The van der Waals surface area contributed by atoms with Gasteiger partial charge in [-0.2, -0.15) is 0 Å². The van der Waals surface area contributed by atoms with Gasteiger partial charge in [-0.05, 0) is 6.92 Å². The minimum atomic E-state index is -1.28. The molecule has 0 aromatic heterocycles. The summed E-state index contributed by atoms with van der Waals surface area (Å²) in [5, 5.41) is 10.8. The van der Waals surface area contributed by atoms with Gasteiger partial charge in [0.15, 0.2) is 0 Å². The van der Waals surface area contributed by atoms with Crippen molar-refractivity contribution in [3.8, 4) is 0 Å². The summed E-state index contributed by atoms with van der Waals surface area (Å²) >= 11 is 0. The fraction of sp³-hybridized carbons (Fsp3) is 0.300. The van der Waals surface area contributed by atoms with Crippen molar-refractivity contribution in [2.45, 2.75) is 13.0 Å². The summed E-state index contributed by atoms with van der Waals surface area (Å²) in [4.78, 5) is 11.3. The molecule has 88 valence electrons. The summed E-state index contributed by atoms with van der Waals surface area (Å²) in [7, 11) is 0. The largest absolute Gasteiger partial charge is 0.394 e. The average Bonchev–Trinajstić information content (AvgIpc) is 2.15. The SMILES string of the molecule is C[C@@H](CO)NC(=O)c1c(F)cc(F)cc1F. The average molecular weight is 233 g/mol. The molecule has 0 aliphatic heterocycles. The molecular formula is C10H10F3NO2. The van der Waals surface area contributed by atoms with Gasteiger partial charge in [-0.25, -0.2) is 13.2 Å². The number of nitrogens with one attached hydrogen (secondary N) is 1. The van der Waals surface area contributed by atoms with E-state index in [-0.39, 0.29) is 6.61 Å². The number of carbonyl (C=O) groups is 1. The Labute approximate surface area is 89.9 Å². The Hall–Kier alpha value is -1.56. The smallest absolute Gasteiger partial charge is 0.257 e. The minimum Gasteiger partial charge on any atom is -0.394 e. The number of hydrogen-bond donors (Lipinski definition) is 2. The molecule has 0 aliphatic rings. The lowest BCUT2D eigenvalue weighted by molar-refractivity contribution is 0.0913. The van der Waals surface area contributed by atoms with Gasteiger partial charge >= 0.3 is 0 Å². The maximum atomic E-state index is 13.1. The second-order valence-corrected chi connectivity index (χ2v) is 3.30. The summed E-state index contributed by atoms with van der Waals surface area (Å²) in [5.41, 5.74) is -0.860. The van der Waals surface area contributed by atoms with Crippen LogP contribution in [0.25, 0.3) is 0 Å². The van der Waals surface area contributed by atoms with Gasteiger partial charge in [0.05, 0.1) is 6.61 Å². The monoisotopic (exact) mass is 233 g/mol. The molecule has 1 rings (SSSR count). The first-order valence-electron chi connectivity index (χ1n) is 4.52. The molecule has 0 saturated carbocycles. The number of halogens is 3. The molecule has 16 heavy (non-hydrogen) atoms. The van der Waals surface area contributed by atoms with E-state index in [4.69, 9.17) is 5.11 Å². The first-order chi connectivity index (χ1) is 7.45. The van der Waals surface area contributed by atoms with E-state index in [1.165, 1.54) is 6.92 Å². The van der Waals surface area contributed by atoms with Crippen molar-refractivity contribution in [2.75, 3.05) is 6.61 Å². The summed E-state index contributed by atoms with van der Waals surface area (Å²) in [6.45, 7) is 1.09. The molecule has 0 aliphatic carbocycles. The number of carbonyl (C=O) groups excluding carboxylic acids is 1. The fourth-order valence-electron chi connectivity index (χ4n) is 1.10. The van der Waals surface area contributed by atoms with Crippen molar-refractivity contribution in [3.63, 3.8) is 0 Å². The van der Waals surface area contributed by atoms with Crippen LogP contribution in [0.15, 0.2) is 12.1 Å². The van der Waals surface area contributed by atoms with Crippen molar-refractivity contribution in [1.29, 1.82) is 0 Å². The summed E-state index contributed by atoms with van der Waals surface area (Å²) in [5.74, 6) is -4.68. The maximum Gasteiger partial charge on any atom is 0.257 e. The number of benzene rings is 1. The third-order valence-corrected chi connectivity index (χ3v) is 1.89. The van der Waals surface area contributed by atoms with E-state index in [9.17, 15) is 18.0 Å². The lowest BCUT2D eigenvalue weighted by atomic mass is 10.1.